The molecule has 0 aromatic heterocycles. The summed E-state index contributed by atoms with van der Waals surface area (Å²) in [6, 6.07) is 0. The zero-order valence-corrected chi connectivity index (χ0v) is 9.56. The molecule has 0 heterocycles. The van der Waals surface area contributed by atoms with Gasteiger partial charge in [-0.1, -0.05) is 19.8 Å². The van der Waals surface area contributed by atoms with Gasteiger partial charge < -0.3 is 4.74 Å². The number of methoxy groups -OCH3 is 1. The van der Waals surface area contributed by atoms with Crippen LogP contribution in [0.15, 0.2) is 0 Å². The van der Waals surface area contributed by atoms with Gasteiger partial charge in [-0.2, -0.15) is 0 Å². The monoisotopic (exact) mass is 219 g/mol. The summed E-state index contributed by atoms with van der Waals surface area (Å²) in [5.74, 6) is -0.0940. The van der Waals surface area contributed by atoms with E-state index in [2.05, 4.69) is 11.7 Å². The van der Waals surface area contributed by atoms with Gasteiger partial charge >= 0.3 is 5.97 Å². The van der Waals surface area contributed by atoms with Crippen LogP contribution in [0.5, 0.6) is 0 Å². The molecule has 0 unspecified atom stereocenters. The Hall–Kier alpha value is 0.574. The smallest absolute Gasteiger partial charge is 0.305 e. The molecule has 1 radical (unpaired) electrons. The molecular formula is C7H14O2Y. The minimum Gasteiger partial charge on any atom is -0.469 e. The third kappa shape index (κ3) is 8.57. The fourth-order valence-corrected chi connectivity index (χ4v) is 0.621. The van der Waals surface area contributed by atoms with E-state index in [4.69, 9.17) is 0 Å². The molecule has 0 spiro atoms. The van der Waals surface area contributed by atoms with E-state index >= 15 is 0 Å². The molecule has 0 fully saturated rings. The van der Waals surface area contributed by atoms with Crippen molar-refractivity contribution in [1.82, 2.24) is 0 Å². The number of carbonyl (C=O) groups is 1. The molecule has 0 saturated carbocycles. The third-order valence-corrected chi connectivity index (χ3v) is 1.21. The van der Waals surface area contributed by atoms with Crippen molar-refractivity contribution < 1.29 is 42.2 Å². The Morgan fingerprint density at radius 3 is 2.40 bits per heavy atom. The molecule has 10 heavy (non-hydrogen) atoms. The van der Waals surface area contributed by atoms with Gasteiger partial charge in [-0.3, -0.25) is 4.79 Å². The normalized spacial score (nSPS) is 8.20. The van der Waals surface area contributed by atoms with Gasteiger partial charge in [0.2, 0.25) is 0 Å². The first-order valence-corrected chi connectivity index (χ1v) is 3.38. The van der Waals surface area contributed by atoms with Crippen LogP contribution in [0.2, 0.25) is 0 Å². The number of rotatable bonds is 4. The van der Waals surface area contributed by atoms with Gasteiger partial charge in [-0.25, -0.2) is 0 Å². The Labute approximate surface area is 87.6 Å². The number of carbonyl (C=O) groups excluding carboxylic acids is 1. The second-order valence-electron chi connectivity index (χ2n) is 2.03. The Morgan fingerprint density at radius 1 is 1.40 bits per heavy atom. The van der Waals surface area contributed by atoms with Crippen LogP contribution in [-0.4, -0.2) is 13.1 Å². The molecule has 0 amide bonds. The average Bonchev–Trinajstić information content (AvgIpc) is 1.89. The molecule has 2 nitrogen and oxygen atoms in total. The predicted molar refractivity (Wildman–Crippen MR) is 36.2 cm³/mol. The van der Waals surface area contributed by atoms with E-state index in [0.29, 0.717) is 6.42 Å². The summed E-state index contributed by atoms with van der Waals surface area (Å²) in [6.07, 6.45) is 3.81. The minimum absolute atomic E-state index is 0. The van der Waals surface area contributed by atoms with Crippen LogP contribution in [0.3, 0.4) is 0 Å². The molecule has 57 valence electrons. The van der Waals surface area contributed by atoms with E-state index < -0.39 is 0 Å². The second-order valence-corrected chi connectivity index (χ2v) is 2.03. The maximum atomic E-state index is 10.5. The van der Waals surface area contributed by atoms with Crippen molar-refractivity contribution in [2.45, 2.75) is 32.6 Å². The summed E-state index contributed by atoms with van der Waals surface area (Å²) < 4.78 is 4.46. The minimum atomic E-state index is -0.0940. The summed E-state index contributed by atoms with van der Waals surface area (Å²) in [5.41, 5.74) is 0. The maximum Gasteiger partial charge on any atom is 0.305 e. The fourth-order valence-electron chi connectivity index (χ4n) is 0.621. The Balaban J connectivity index is 0. The van der Waals surface area contributed by atoms with Gasteiger partial charge in [0.1, 0.15) is 0 Å². The van der Waals surface area contributed by atoms with E-state index in [1.807, 2.05) is 0 Å². The van der Waals surface area contributed by atoms with Gasteiger partial charge in [0.25, 0.3) is 0 Å². The summed E-state index contributed by atoms with van der Waals surface area (Å²) in [6.45, 7) is 2.11. The van der Waals surface area contributed by atoms with Crippen molar-refractivity contribution in [2.75, 3.05) is 7.11 Å². The third-order valence-electron chi connectivity index (χ3n) is 1.21. The summed E-state index contributed by atoms with van der Waals surface area (Å²) >= 11 is 0. The van der Waals surface area contributed by atoms with Gasteiger partial charge in [0.05, 0.1) is 7.11 Å². The first-order chi connectivity index (χ1) is 4.31. The molecule has 0 aromatic rings. The number of hydrogen-bond acceptors (Lipinski definition) is 2. The molecule has 0 aliphatic heterocycles. The predicted octanol–water partition coefficient (Wildman–Crippen LogP) is 1.74. The standard InChI is InChI=1S/C7H14O2.Y/c1-3-4-5-6-7(8)9-2;/h3-6H2,1-2H3;. The van der Waals surface area contributed by atoms with Gasteiger partial charge in [-0.05, 0) is 6.42 Å². The molecule has 0 rings (SSSR count). The van der Waals surface area contributed by atoms with E-state index in [-0.39, 0.29) is 38.7 Å². The molecule has 0 aromatic carbocycles. The SMILES string of the molecule is CCCCCC(=O)OC.[Y]. The zero-order chi connectivity index (χ0) is 7.11. The number of esters is 1. The van der Waals surface area contributed by atoms with Gasteiger partial charge in [0.15, 0.2) is 0 Å². The number of unbranched alkanes of at least 4 members (excludes halogenated alkanes) is 2. The Kier molecular flexibility index (Phi) is 12.6. The van der Waals surface area contributed by atoms with E-state index in [1.54, 1.807) is 0 Å². The van der Waals surface area contributed by atoms with Crippen LogP contribution in [0.1, 0.15) is 32.6 Å². The summed E-state index contributed by atoms with van der Waals surface area (Å²) in [5, 5.41) is 0. The molecular weight excluding hydrogens is 205 g/mol. The van der Waals surface area contributed by atoms with Crippen molar-refractivity contribution in [3.63, 3.8) is 0 Å². The van der Waals surface area contributed by atoms with Crippen LogP contribution < -0.4 is 0 Å². The molecule has 0 aliphatic carbocycles. The molecule has 0 atom stereocenters. The zero-order valence-electron chi connectivity index (χ0n) is 6.72. The maximum absolute atomic E-state index is 10.5. The van der Waals surface area contributed by atoms with Gasteiger partial charge in [0, 0.05) is 39.1 Å². The van der Waals surface area contributed by atoms with Crippen molar-refractivity contribution in [3.05, 3.63) is 0 Å². The van der Waals surface area contributed by atoms with Crippen LogP contribution in [-0.2, 0) is 42.2 Å². The van der Waals surface area contributed by atoms with Crippen molar-refractivity contribution >= 4 is 5.97 Å². The van der Waals surface area contributed by atoms with E-state index in [0.717, 1.165) is 19.3 Å². The van der Waals surface area contributed by atoms with Crippen molar-refractivity contribution in [2.24, 2.45) is 0 Å². The van der Waals surface area contributed by atoms with Crippen LogP contribution in [0.25, 0.3) is 0 Å². The fraction of sp³-hybridized carbons (Fsp3) is 0.857. The van der Waals surface area contributed by atoms with Gasteiger partial charge in [-0.15, -0.1) is 0 Å². The molecule has 0 saturated heterocycles. The van der Waals surface area contributed by atoms with E-state index in [1.165, 1.54) is 7.11 Å². The van der Waals surface area contributed by atoms with Crippen LogP contribution in [0.4, 0.5) is 0 Å². The second kappa shape index (κ2) is 9.57. The first kappa shape index (κ1) is 13.2. The molecule has 0 N–H and O–H groups in total. The number of ether oxygens (including phenoxy) is 1. The van der Waals surface area contributed by atoms with Crippen molar-refractivity contribution in [3.8, 4) is 0 Å². The first-order valence-electron chi connectivity index (χ1n) is 3.38. The summed E-state index contributed by atoms with van der Waals surface area (Å²) in [4.78, 5) is 10.5. The average molecular weight is 219 g/mol. The summed E-state index contributed by atoms with van der Waals surface area (Å²) in [7, 11) is 1.42. The Bertz CT molecular complexity index is 83.7. The molecule has 0 bridgehead atoms. The largest absolute Gasteiger partial charge is 0.469 e. The quantitative estimate of drug-likeness (QED) is 0.531. The van der Waals surface area contributed by atoms with Crippen LogP contribution in [0, 0.1) is 0 Å². The Morgan fingerprint density at radius 2 is 2.00 bits per heavy atom. The van der Waals surface area contributed by atoms with Crippen LogP contribution >= 0.6 is 0 Å². The van der Waals surface area contributed by atoms with E-state index in [9.17, 15) is 4.79 Å². The molecule has 0 aliphatic rings. The topological polar surface area (TPSA) is 26.3 Å². The number of hydrogen-bond donors (Lipinski definition) is 0. The van der Waals surface area contributed by atoms with Crippen molar-refractivity contribution in [1.29, 1.82) is 0 Å². The molecule has 3 heteroatoms.